The Balaban J connectivity index is 1.10. The third-order valence-electron chi connectivity index (χ3n) is 11.6. The number of hydrogen-bond donors (Lipinski definition) is 3. The summed E-state index contributed by atoms with van der Waals surface area (Å²) >= 11 is 5.95. The lowest BCUT2D eigenvalue weighted by Crippen LogP contribution is -2.62. The first-order chi connectivity index (χ1) is 18.1. The molecular weight excluding hydrogens is 500 g/mol. The predicted octanol–water partition coefficient (Wildman–Crippen LogP) is 5.49. The van der Waals surface area contributed by atoms with Gasteiger partial charge in [-0.15, -0.1) is 0 Å². The number of fused-ring (bicyclic) bond motifs is 5. The van der Waals surface area contributed by atoms with Crippen LogP contribution in [-0.4, -0.2) is 41.8 Å². The minimum atomic E-state index is -0.681. The second kappa shape index (κ2) is 9.55. The molecule has 0 spiro atoms. The fourth-order valence-corrected chi connectivity index (χ4v) is 9.70. The SMILES string of the molecule is C[C@]12CC[C@H](NC(=O)CNc3ccc(Cl)cc3)C[C@H]1CC[C@@H]1[C@@H]2CC[C@]2(C)[C@@H](C3=CC(=O)OC3)CC[C@]12O. The molecule has 8 atom stereocenters. The molecule has 38 heavy (non-hydrogen) atoms. The Hall–Kier alpha value is -2.05. The highest BCUT2D eigenvalue weighted by molar-refractivity contribution is 6.30. The Morgan fingerprint density at radius 2 is 1.84 bits per heavy atom. The minimum absolute atomic E-state index is 0.0330. The maximum absolute atomic E-state index is 12.7. The Morgan fingerprint density at radius 1 is 1.05 bits per heavy atom. The van der Waals surface area contributed by atoms with E-state index in [2.05, 4.69) is 24.5 Å². The summed E-state index contributed by atoms with van der Waals surface area (Å²) in [7, 11) is 0. The zero-order valence-corrected chi connectivity index (χ0v) is 23.4. The molecule has 1 amide bonds. The first kappa shape index (κ1) is 26.2. The standard InChI is InChI=1S/C31H41ClN2O4/c1-29-12-9-23(34-27(35)17-33-22-6-4-21(32)5-7-22)16-20(29)3-8-26-25(29)10-13-30(2)24(11-14-31(26,30)37)19-15-28(36)38-18-19/h4-7,15,20,23-26,33,37H,3,8-14,16-18H2,1-2H3,(H,34,35)/t20-,23+,24-,25+,26-,29+,30-,31+/m1/s1. The van der Waals surface area contributed by atoms with Crippen LogP contribution in [0.5, 0.6) is 0 Å². The van der Waals surface area contributed by atoms with Gasteiger partial charge in [0.15, 0.2) is 0 Å². The summed E-state index contributed by atoms with van der Waals surface area (Å²) in [6, 6.07) is 7.61. The lowest BCUT2D eigenvalue weighted by molar-refractivity contribution is -0.205. The number of esters is 1. The summed E-state index contributed by atoms with van der Waals surface area (Å²) in [4.78, 5) is 24.5. The first-order valence-corrected chi connectivity index (χ1v) is 14.9. The molecule has 1 aromatic carbocycles. The van der Waals surface area contributed by atoms with E-state index in [0.717, 1.165) is 69.0 Å². The minimum Gasteiger partial charge on any atom is -0.458 e. The first-order valence-electron chi connectivity index (χ1n) is 14.5. The summed E-state index contributed by atoms with van der Waals surface area (Å²) in [5.74, 6) is 1.42. The van der Waals surface area contributed by atoms with Crippen LogP contribution in [0.1, 0.15) is 71.6 Å². The number of rotatable bonds is 5. The lowest BCUT2D eigenvalue weighted by Gasteiger charge is -2.64. The van der Waals surface area contributed by atoms with Gasteiger partial charge in [-0.05, 0) is 117 Å². The molecule has 0 saturated heterocycles. The van der Waals surface area contributed by atoms with E-state index in [1.807, 2.05) is 24.3 Å². The molecule has 6 nitrogen and oxygen atoms in total. The van der Waals surface area contributed by atoms with Crippen molar-refractivity contribution in [2.75, 3.05) is 18.5 Å². The molecule has 1 aromatic rings. The third kappa shape index (κ3) is 4.18. The molecule has 0 unspecified atom stereocenters. The monoisotopic (exact) mass is 540 g/mol. The highest BCUT2D eigenvalue weighted by Gasteiger charge is 2.67. The van der Waals surface area contributed by atoms with Crippen molar-refractivity contribution in [1.82, 2.24) is 5.32 Å². The van der Waals surface area contributed by atoms with Gasteiger partial charge in [-0.3, -0.25) is 4.79 Å². The molecule has 4 saturated carbocycles. The van der Waals surface area contributed by atoms with Gasteiger partial charge in [0, 0.05) is 28.2 Å². The molecule has 5 aliphatic rings. The van der Waals surface area contributed by atoms with Gasteiger partial charge in [-0.1, -0.05) is 25.4 Å². The van der Waals surface area contributed by atoms with Crippen LogP contribution in [0, 0.1) is 34.5 Å². The quantitative estimate of drug-likeness (QED) is 0.430. The Kier molecular flexibility index (Phi) is 6.58. The molecular formula is C31H41ClN2O4. The number of hydrogen-bond acceptors (Lipinski definition) is 5. The number of amides is 1. The average Bonchev–Trinajstić information content (AvgIpc) is 3.43. The van der Waals surface area contributed by atoms with Crippen LogP contribution < -0.4 is 10.6 Å². The molecule has 1 aliphatic heterocycles. The van der Waals surface area contributed by atoms with Crippen molar-refractivity contribution < 1.29 is 19.4 Å². The van der Waals surface area contributed by atoms with Gasteiger partial charge in [0.05, 0.1) is 12.1 Å². The van der Waals surface area contributed by atoms with Crippen LogP contribution in [0.25, 0.3) is 0 Å². The van der Waals surface area contributed by atoms with E-state index in [1.54, 1.807) is 6.08 Å². The summed E-state index contributed by atoms with van der Waals surface area (Å²) in [5.41, 5.74) is 1.30. The summed E-state index contributed by atoms with van der Waals surface area (Å²) < 4.78 is 5.26. The summed E-state index contributed by atoms with van der Waals surface area (Å²) in [6.07, 6.45) is 10.9. The molecule has 7 heteroatoms. The van der Waals surface area contributed by atoms with Crippen molar-refractivity contribution in [3.8, 4) is 0 Å². The highest BCUT2D eigenvalue weighted by atomic mass is 35.5. The average molecular weight is 541 g/mol. The summed E-state index contributed by atoms with van der Waals surface area (Å²) in [6.45, 7) is 5.40. The van der Waals surface area contributed by atoms with Crippen molar-refractivity contribution in [2.24, 2.45) is 34.5 Å². The Morgan fingerprint density at radius 3 is 2.58 bits per heavy atom. The van der Waals surface area contributed by atoms with Crippen LogP contribution in [0.2, 0.25) is 5.02 Å². The smallest absolute Gasteiger partial charge is 0.331 e. The number of cyclic esters (lactones) is 1. The molecule has 1 heterocycles. The number of nitrogens with one attached hydrogen (secondary N) is 2. The van der Waals surface area contributed by atoms with Crippen LogP contribution in [0.3, 0.4) is 0 Å². The number of halogens is 1. The van der Waals surface area contributed by atoms with Gasteiger partial charge in [0.1, 0.15) is 6.61 Å². The van der Waals surface area contributed by atoms with Gasteiger partial charge >= 0.3 is 5.97 Å². The van der Waals surface area contributed by atoms with Gasteiger partial charge in [0.25, 0.3) is 0 Å². The molecule has 206 valence electrons. The van der Waals surface area contributed by atoms with E-state index in [-0.39, 0.29) is 41.2 Å². The van der Waals surface area contributed by atoms with E-state index < -0.39 is 5.60 Å². The van der Waals surface area contributed by atoms with E-state index in [1.165, 1.54) is 0 Å². The number of carbonyl (C=O) groups is 2. The highest BCUT2D eigenvalue weighted by Crippen LogP contribution is 2.69. The topological polar surface area (TPSA) is 87.7 Å². The van der Waals surface area contributed by atoms with Crippen molar-refractivity contribution in [2.45, 2.75) is 83.3 Å². The summed E-state index contributed by atoms with van der Waals surface area (Å²) in [5, 5.41) is 19.5. The zero-order chi connectivity index (χ0) is 26.7. The molecule has 4 aliphatic carbocycles. The van der Waals surface area contributed by atoms with Gasteiger partial charge in [-0.2, -0.15) is 0 Å². The van der Waals surface area contributed by atoms with E-state index in [4.69, 9.17) is 16.3 Å². The van der Waals surface area contributed by atoms with Crippen LogP contribution in [0.4, 0.5) is 5.69 Å². The van der Waals surface area contributed by atoms with E-state index in [9.17, 15) is 14.7 Å². The van der Waals surface area contributed by atoms with Crippen LogP contribution in [-0.2, 0) is 14.3 Å². The zero-order valence-electron chi connectivity index (χ0n) is 22.6. The van der Waals surface area contributed by atoms with Gasteiger partial charge < -0.3 is 20.5 Å². The van der Waals surface area contributed by atoms with E-state index in [0.29, 0.717) is 29.4 Å². The fourth-order valence-electron chi connectivity index (χ4n) is 9.57. The fraction of sp³-hybridized carbons (Fsp3) is 0.677. The van der Waals surface area contributed by atoms with Crippen LogP contribution >= 0.6 is 11.6 Å². The molecule has 0 bridgehead atoms. The maximum Gasteiger partial charge on any atom is 0.331 e. The van der Waals surface area contributed by atoms with Crippen molar-refractivity contribution in [3.63, 3.8) is 0 Å². The number of ether oxygens (including phenoxy) is 1. The number of benzene rings is 1. The number of carbonyl (C=O) groups excluding carboxylic acids is 2. The van der Waals surface area contributed by atoms with E-state index >= 15 is 0 Å². The molecule has 0 aromatic heterocycles. The van der Waals surface area contributed by atoms with Gasteiger partial charge in [-0.25, -0.2) is 4.79 Å². The molecule has 0 radical (unpaired) electrons. The largest absolute Gasteiger partial charge is 0.458 e. The number of aliphatic hydroxyl groups is 1. The predicted molar refractivity (Wildman–Crippen MR) is 148 cm³/mol. The van der Waals surface area contributed by atoms with Crippen molar-refractivity contribution >= 4 is 29.2 Å². The molecule has 4 fully saturated rings. The second-order valence-corrected chi connectivity index (χ2v) is 13.6. The van der Waals surface area contributed by atoms with Gasteiger partial charge in [0.2, 0.25) is 5.91 Å². The molecule has 3 N–H and O–H groups in total. The lowest BCUT2D eigenvalue weighted by atomic mass is 9.43. The Bertz CT molecular complexity index is 1140. The van der Waals surface area contributed by atoms with Crippen LogP contribution in [0.15, 0.2) is 35.9 Å². The normalized spacial score (nSPS) is 41.8. The van der Waals surface area contributed by atoms with Crippen molar-refractivity contribution in [1.29, 1.82) is 0 Å². The van der Waals surface area contributed by atoms with Crippen molar-refractivity contribution in [3.05, 3.63) is 40.9 Å². The molecule has 6 rings (SSSR count). The number of anilines is 1. The third-order valence-corrected chi connectivity index (χ3v) is 11.9. The Labute approximate surface area is 230 Å². The second-order valence-electron chi connectivity index (χ2n) is 13.2. The maximum atomic E-state index is 12.7.